The highest BCUT2D eigenvalue weighted by molar-refractivity contribution is 7.99. The fourth-order valence-electron chi connectivity index (χ4n) is 1.92. The Morgan fingerprint density at radius 1 is 1.64 bits per heavy atom. The summed E-state index contributed by atoms with van der Waals surface area (Å²) in [5.74, 6) is 0.649. The van der Waals surface area contributed by atoms with Gasteiger partial charge in [0.1, 0.15) is 0 Å². The molecule has 82 valence electrons. The van der Waals surface area contributed by atoms with Crippen LogP contribution < -0.4 is 11.1 Å². The number of nitrogens with two attached hydrogens (primary N) is 1. The lowest BCUT2D eigenvalue weighted by Gasteiger charge is -2.21. The van der Waals surface area contributed by atoms with Gasteiger partial charge < -0.3 is 11.1 Å². The molecule has 3 N–H and O–H groups in total. The molecule has 1 rings (SSSR count). The summed E-state index contributed by atoms with van der Waals surface area (Å²) in [6, 6.07) is 0.321. The molecule has 3 atom stereocenters. The molecule has 0 aromatic rings. The van der Waals surface area contributed by atoms with Crippen LogP contribution in [0.4, 0.5) is 0 Å². The summed E-state index contributed by atoms with van der Waals surface area (Å²) in [5, 5.41) is 3.14. The molecule has 1 aliphatic rings. The average molecular weight is 216 g/mol. The largest absolute Gasteiger partial charge is 0.352 e. The molecule has 0 radical (unpaired) electrons. The first-order chi connectivity index (χ1) is 6.69. The molecule has 0 aromatic heterocycles. The first-order valence-electron chi connectivity index (χ1n) is 5.22. The second-order valence-corrected chi connectivity index (χ2v) is 5.10. The molecule has 0 saturated heterocycles. The van der Waals surface area contributed by atoms with Crippen LogP contribution in [0.2, 0.25) is 0 Å². The molecule has 1 saturated carbocycles. The van der Waals surface area contributed by atoms with Crippen LogP contribution in [-0.4, -0.2) is 30.0 Å². The predicted molar refractivity (Wildman–Crippen MR) is 61.3 cm³/mol. The summed E-state index contributed by atoms with van der Waals surface area (Å²) in [4.78, 5) is 11.6. The van der Waals surface area contributed by atoms with Gasteiger partial charge in [-0.25, -0.2) is 0 Å². The van der Waals surface area contributed by atoms with Crippen LogP contribution in [0.1, 0.15) is 26.2 Å². The Labute approximate surface area is 90.2 Å². The molecule has 0 bridgehead atoms. The number of nitrogens with one attached hydrogen (secondary N) is 1. The zero-order chi connectivity index (χ0) is 10.6. The van der Waals surface area contributed by atoms with E-state index in [-0.39, 0.29) is 11.2 Å². The third-order valence-corrected chi connectivity index (χ3v) is 3.93. The molecule has 0 spiro atoms. The van der Waals surface area contributed by atoms with Gasteiger partial charge in [0, 0.05) is 6.04 Å². The zero-order valence-corrected chi connectivity index (χ0v) is 9.77. The van der Waals surface area contributed by atoms with Crippen molar-refractivity contribution in [2.45, 2.75) is 37.5 Å². The van der Waals surface area contributed by atoms with E-state index >= 15 is 0 Å². The van der Waals surface area contributed by atoms with Gasteiger partial charge in [0.15, 0.2) is 0 Å². The number of hydrogen-bond acceptors (Lipinski definition) is 3. The van der Waals surface area contributed by atoms with Crippen molar-refractivity contribution in [1.29, 1.82) is 0 Å². The lowest BCUT2D eigenvalue weighted by molar-refractivity contribution is -0.121. The van der Waals surface area contributed by atoms with Crippen molar-refractivity contribution in [3.05, 3.63) is 0 Å². The van der Waals surface area contributed by atoms with Crippen LogP contribution >= 0.6 is 11.8 Å². The van der Waals surface area contributed by atoms with E-state index in [0.717, 1.165) is 12.8 Å². The van der Waals surface area contributed by atoms with Crippen molar-refractivity contribution in [2.24, 2.45) is 11.7 Å². The minimum Gasteiger partial charge on any atom is -0.352 e. The molecule has 1 fully saturated rings. The quantitative estimate of drug-likeness (QED) is 0.736. The van der Waals surface area contributed by atoms with Crippen molar-refractivity contribution in [2.75, 3.05) is 12.8 Å². The number of rotatable bonds is 4. The van der Waals surface area contributed by atoms with Crippen molar-refractivity contribution in [3.8, 4) is 0 Å². The first kappa shape index (κ1) is 11.9. The highest BCUT2D eigenvalue weighted by Crippen LogP contribution is 2.24. The Balaban J connectivity index is 2.39. The van der Waals surface area contributed by atoms with E-state index in [1.807, 2.05) is 13.2 Å². The summed E-state index contributed by atoms with van der Waals surface area (Å²) in [6.07, 6.45) is 5.41. The molecule has 0 heterocycles. The summed E-state index contributed by atoms with van der Waals surface area (Å²) in [6.45, 7) is 2.63. The van der Waals surface area contributed by atoms with Gasteiger partial charge in [0.05, 0.1) is 5.25 Å². The molecule has 14 heavy (non-hydrogen) atoms. The van der Waals surface area contributed by atoms with Gasteiger partial charge in [0.2, 0.25) is 5.91 Å². The van der Waals surface area contributed by atoms with Gasteiger partial charge in [-0.05, 0) is 38.5 Å². The number of carbonyl (C=O) groups excluding carboxylic acids is 1. The fraction of sp³-hybridized carbons (Fsp3) is 0.900. The molecule has 0 aliphatic heterocycles. The monoisotopic (exact) mass is 216 g/mol. The van der Waals surface area contributed by atoms with Gasteiger partial charge in [-0.15, -0.1) is 0 Å². The van der Waals surface area contributed by atoms with Crippen LogP contribution in [0.5, 0.6) is 0 Å². The Morgan fingerprint density at radius 2 is 2.36 bits per heavy atom. The number of carbonyl (C=O) groups is 1. The second-order valence-electron chi connectivity index (χ2n) is 3.92. The molecular formula is C10H20N2OS. The van der Waals surface area contributed by atoms with Crippen molar-refractivity contribution >= 4 is 17.7 Å². The minimum absolute atomic E-state index is 0.0500. The second kappa shape index (κ2) is 5.61. The molecule has 0 aromatic carbocycles. The normalized spacial score (nSPS) is 28.8. The number of amides is 1. The third kappa shape index (κ3) is 2.89. The molecule has 1 aliphatic carbocycles. The molecular weight excluding hydrogens is 196 g/mol. The van der Waals surface area contributed by atoms with Crippen LogP contribution in [-0.2, 0) is 4.79 Å². The van der Waals surface area contributed by atoms with Crippen LogP contribution in [0.15, 0.2) is 0 Å². The Morgan fingerprint density at radius 3 is 2.93 bits per heavy atom. The van der Waals surface area contributed by atoms with E-state index in [1.54, 1.807) is 11.8 Å². The van der Waals surface area contributed by atoms with E-state index in [2.05, 4.69) is 5.32 Å². The topological polar surface area (TPSA) is 55.1 Å². The van der Waals surface area contributed by atoms with Crippen LogP contribution in [0, 0.1) is 5.92 Å². The lowest BCUT2D eigenvalue weighted by atomic mass is 10.0. The summed E-state index contributed by atoms with van der Waals surface area (Å²) in [7, 11) is 0. The maximum atomic E-state index is 11.6. The average Bonchev–Trinajstić information content (AvgIpc) is 2.63. The van der Waals surface area contributed by atoms with Gasteiger partial charge in [-0.1, -0.05) is 6.42 Å². The Kier molecular flexibility index (Phi) is 4.75. The summed E-state index contributed by atoms with van der Waals surface area (Å²) >= 11 is 1.58. The van der Waals surface area contributed by atoms with Crippen LogP contribution in [0.25, 0.3) is 0 Å². The molecule has 3 unspecified atom stereocenters. The van der Waals surface area contributed by atoms with Gasteiger partial charge >= 0.3 is 0 Å². The van der Waals surface area contributed by atoms with E-state index in [0.29, 0.717) is 18.5 Å². The number of thioether (sulfide) groups is 1. The summed E-state index contributed by atoms with van der Waals surface area (Å²) in [5.41, 5.74) is 5.65. The molecule has 3 nitrogen and oxygen atoms in total. The standard InChI is InChI=1S/C10H20N2OS/c1-7(14-2)10(13)12-9-5-3-4-8(9)6-11/h7-9H,3-6,11H2,1-2H3,(H,12,13). The van der Waals surface area contributed by atoms with Crippen molar-refractivity contribution in [3.63, 3.8) is 0 Å². The molecule has 1 amide bonds. The maximum Gasteiger partial charge on any atom is 0.233 e. The summed E-state index contributed by atoms with van der Waals surface area (Å²) < 4.78 is 0. The van der Waals surface area contributed by atoms with Crippen molar-refractivity contribution < 1.29 is 4.79 Å². The van der Waals surface area contributed by atoms with Gasteiger partial charge in [-0.2, -0.15) is 11.8 Å². The third-order valence-electron chi connectivity index (χ3n) is 3.01. The van der Waals surface area contributed by atoms with E-state index < -0.39 is 0 Å². The van der Waals surface area contributed by atoms with E-state index in [9.17, 15) is 4.79 Å². The van der Waals surface area contributed by atoms with Crippen molar-refractivity contribution in [1.82, 2.24) is 5.32 Å². The predicted octanol–water partition coefficient (Wildman–Crippen LogP) is 0.981. The number of hydrogen-bond donors (Lipinski definition) is 2. The molecule has 4 heteroatoms. The minimum atomic E-state index is 0.0500. The highest BCUT2D eigenvalue weighted by atomic mass is 32.2. The Bertz CT molecular complexity index is 199. The van der Waals surface area contributed by atoms with Gasteiger partial charge in [-0.3, -0.25) is 4.79 Å². The fourth-order valence-corrected chi connectivity index (χ4v) is 2.20. The van der Waals surface area contributed by atoms with E-state index in [4.69, 9.17) is 5.73 Å². The first-order valence-corrected chi connectivity index (χ1v) is 6.51. The maximum absolute atomic E-state index is 11.6. The van der Waals surface area contributed by atoms with Gasteiger partial charge in [0.25, 0.3) is 0 Å². The lowest BCUT2D eigenvalue weighted by Crippen LogP contribution is -2.43. The van der Waals surface area contributed by atoms with E-state index in [1.165, 1.54) is 6.42 Å². The zero-order valence-electron chi connectivity index (χ0n) is 8.95. The Hall–Kier alpha value is -0.220. The SMILES string of the molecule is CSC(C)C(=O)NC1CCCC1CN. The van der Waals surface area contributed by atoms with Crippen LogP contribution in [0.3, 0.4) is 0 Å². The smallest absolute Gasteiger partial charge is 0.233 e. The highest BCUT2D eigenvalue weighted by Gasteiger charge is 2.28.